The second-order valence-corrected chi connectivity index (χ2v) is 5.89. The van der Waals surface area contributed by atoms with E-state index in [1.807, 2.05) is 0 Å². The first-order valence-electron chi connectivity index (χ1n) is 6.66. The van der Waals surface area contributed by atoms with Crippen molar-refractivity contribution in [2.45, 2.75) is 11.3 Å². The summed E-state index contributed by atoms with van der Waals surface area (Å²) in [6, 6.07) is 6.40. The number of carbonyl (C=O) groups excluding carboxylic acids is 2. The number of carbonyl (C=O) groups is 2. The minimum absolute atomic E-state index is 0.0191. The van der Waals surface area contributed by atoms with E-state index in [4.69, 9.17) is 5.84 Å². The zero-order valence-corrected chi connectivity index (χ0v) is 12.8. The lowest BCUT2D eigenvalue weighted by Gasteiger charge is -2.13. The molecule has 0 atom stereocenters. The molecule has 0 saturated heterocycles. The van der Waals surface area contributed by atoms with Gasteiger partial charge in [-0.05, 0) is 12.1 Å². The van der Waals surface area contributed by atoms with E-state index in [0.717, 1.165) is 16.7 Å². The van der Waals surface area contributed by atoms with Crippen LogP contribution in [0.3, 0.4) is 0 Å². The molecule has 1 aromatic heterocycles. The minimum atomic E-state index is -4.71. The van der Waals surface area contributed by atoms with Gasteiger partial charge in [-0.3, -0.25) is 14.5 Å². The van der Waals surface area contributed by atoms with E-state index in [9.17, 15) is 22.8 Å². The molecule has 2 amide bonds. The highest BCUT2D eigenvalue weighted by Gasteiger charge is 2.38. The summed E-state index contributed by atoms with van der Waals surface area (Å²) in [5.74, 6) is 3.28. The smallest absolute Gasteiger partial charge is 0.335 e. The third-order valence-electron chi connectivity index (χ3n) is 3.34. The number of benzene rings is 1. The van der Waals surface area contributed by atoms with E-state index in [1.165, 1.54) is 0 Å². The van der Waals surface area contributed by atoms with E-state index in [1.54, 1.807) is 24.3 Å². The van der Waals surface area contributed by atoms with Crippen LogP contribution in [0.25, 0.3) is 0 Å². The number of hydrogen-bond acceptors (Lipinski definition) is 6. The van der Waals surface area contributed by atoms with Crippen molar-refractivity contribution in [2.24, 2.45) is 0 Å². The number of alkyl halides is 3. The van der Waals surface area contributed by atoms with Crippen LogP contribution in [-0.2, 0) is 6.18 Å². The number of halogens is 3. The molecule has 24 heavy (non-hydrogen) atoms. The molecular formula is C13H10F3N5O2S. The van der Waals surface area contributed by atoms with Crippen LogP contribution in [0.4, 0.5) is 13.2 Å². The molecular weight excluding hydrogens is 347 g/mol. The lowest BCUT2D eigenvalue weighted by molar-refractivity contribution is -0.146. The Hall–Kier alpha value is -2.56. The van der Waals surface area contributed by atoms with Crippen molar-refractivity contribution in [3.63, 3.8) is 0 Å². The van der Waals surface area contributed by atoms with Gasteiger partial charge < -0.3 is 5.84 Å². The minimum Gasteiger partial charge on any atom is -0.335 e. The van der Waals surface area contributed by atoms with Crippen LogP contribution in [-0.4, -0.2) is 43.9 Å². The normalized spacial score (nSPS) is 14.4. The van der Waals surface area contributed by atoms with Crippen molar-refractivity contribution >= 4 is 23.6 Å². The Bertz CT molecular complexity index is 785. The maximum atomic E-state index is 12.6. The third kappa shape index (κ3) is 2.70. The number of nitrogen functional groups attached to an aromatic ring is 1. The summed E-state index contributed by atoms with van der Waals surface area (Å²) in [6.07, 6.45) is -4.71. The predicted molar refractivity (Wildman–Crippen MR) is 77.7 cm³/mol. The second kappa shape index (κ2) is 5.82. The van der Waals surface area contributed by atoms with Gasteiger partial charge in [0, 0.05) is 12.3 Å². The van der Waals surface area contributed by atoms with E-state index >= 15 is 0 Å². The van der Waals surface area contributed by atoms with Gasteiger partial charge in [0.05, 0.1) is 11.1 Å². The van der Waals surface area contributed by atoms with Crippen molar-refractivity contribution < 1.29 is 22.8 Å². The molecule has 2 heterocycles. The first-order chi connectivity index (χ1) is 11.3. The van der Waals surface area contributed by atoms with Crippen LogP contribution in [0.1, 0.15) is 26.5 Å². The Labute approximate surface area is 137 Å². The molecule has 11 heteroatoms. The average Bonchev–Trinajstić information content (AvgIpc) is 3.01. The van der Waals surface area contributed by atoms with Gasteiger partial charge in [0.25, 0.3) is 17.6 Å². The SMILES string of the molecule is Nn1c(SCCN2C(=O)c3ccccc3C2=O)nnc1C(F)(F)F. The Kier molecular flexibility index (Phi) is 3.95. The molecule has 3 rings (SSSR count). The number of hydrogen-bond donors (Lipinski definition) is 1. The fourth-order valence-electron chi connectivity index (χ4n) is 2.24. The van der Waals surface area contributed by atoms with Crippen LogP contribution in [0, 0.1) is 0 Å². The summed E-state index contributed by atoms with van der Waals surface area (Å²) in [5.41, 5.74) is 0.627. The highest BCUT2D eigenvalue weighted by molar-refractivity contribution is 7.99. The maximum Gasteiger partial charge on any atom is 0.453 e. The molecule has 0 saturated carbocycles. The van der Waals surface area contributed by atoms with Gasteiger partial charge >= 0.3 is 6.18 Å². The van der Waals surface area contributed by atoms with Crippen LogP contribution < -0.4 is 5.84 Å². The van der Waals surface area contributed by atoms with E-state index in [-0.39, 0.29) is 17.5 Å². The third-order valence-corrected chi connectivity index (χ3v) is 4.27. The molecule has 0 radical (unpaired) electrons. The summed E-state index contributed by atoms with van der Waals surface area (Å²) in [4.78, 5) is 25.3. The van der Waals surface area contributed by atoms with Crippen molar-refractivity contribution in [2.75, 3.05) is 18.1 Å². The number of thioether (sulfide) groups is 1. The van der Waals surface area contributed by atoms with E-state index in [0.29, 0.717) is 15.8 Å². The second-order valence-electron chi connectivity index (χ2n) is 4.83. The molecule has 2 aromatic rings. The fourth-order valence-corrected chi connectivity index (χ4v) is 3.02. The number of amides is 2. The average molecular weight is 357 g/mol. The topological polar surface area (TPSA) is 94.1 Å². The molecule has 0 spiro atoms. The molecule has 126 valence electrons. The Morgan fingerprint density at radius 1 is 1.08 bits per heavy atom. The summed E-state index contributed by atoms with van der Waals surface area (Å²) in [5, 5.41) is 6.21. The maximum absolute atomic E-state index is 12.6. The van der Waals surface area contributed by atoms with Gasteiger partial charge in [-0.15, -0.1) is 10.2 Å². The molecule has 0 fully saturated rings. The standard InChI is InChI=1S/C13H10F3N5O2S/c14-13(15,16)11-18-19-12(21(11)17)24-6-5-20-9(22)7-3-1-2-4-8(7)10(20)23/h1-4H,5-6,17H2. The first-order valence-corrected chi connectivity index (χ1v) is 7.65. The predicted octanol–water partition coefficient (Wildman–Crippen LogP) is 1.40. The zero-order chi connectivity index (χ0) is 17.5. The lowest BCUT2D eigenvalue weighted by Crippen LogP contribution is -2.32. The van der Waals surface area contributed by atoms with E-state index in [2.05, 4.69) is 10.2 Å². The summed E-state index contributed by atoms with van der Waals surface area (Å²) < 4.78 is 38.1. The largest absolute Gasteiger partial charge is 0.453 e. The van der Waals surface area contributed by atoms with Gasteiger partial charge in [-0.25, -0.2) is 4.68 Å². The van der Waals surface area contributed by atoms with Gasteiger partial charge in [0.2, 0.25) is 5.16 Å². The molecule has 2 N–H and O–H groups in total. The zero-order valence-electron chi connectivity index (χ0n) is 11.9. The molecule has 1 aliphatic heterocycles. The number of rotatable bonds is 4. The molecule has 0 unspecified atom stereocenters. The van der Waals surface area contributed by atoms with Gasteiger partial charge in [0.1, 0.15) is 0 Å². The Balaban J connectivity index is 1.65. The highest BCUT2D eigenvalue weighted by Crippen LogP contribution is 2.29. The Morgan fingerprint density at radius 3 is 2.17 bits per heavy atom. The fraction of sp³-hybridized carbons (Fsp3) is 0.231. The van der Waals surface area contributed by atoms with Crippen molar-refractivity contribution in [3.05, 3.63) is 41.2 Å². The quantitative estimate of drug-likeness (QED) is 0.505. The summed E-state index contributed by atoms with van der Waals surface area (Å²) in [7, 11) is 0. The molecule has 0 aliphatic carbocycles. The van der Waals surface area contributed by atoms with Gasteiger partial charge in [0.15, 0.2) is 0 Å². The monoisotopic (exact) mass is 357 g/mol. The molecule has 1 aromatic carbocycles. The van der Waals surface area contributed by atoms with Crippen molar-refractivity contribution in [1.82, 2.24) is 19.8 Å². The van der Waals surface area contributed by atoms with Gasteiger partial charge in [-0.1, -0.05) is 23.9 Å². The van der Waals surface area contributed by atoms with Crippen LogP contribution in [0.2, 0.25) is 0 Å². The lowest BCUT2D eigenvalue weighted by atomic mass is 10.1. The number of nitrogens with zero attached hydrogens (tertiary/aromatic N) is 4. The van der Waals surface area contributed by atoms with Crippen LogP contribution in [0.5, 0.6) is 0 Å². The molecule has 7 nitrogen and oxygen atoms in total. The number of fused-ring (bicyclic) bond motifs is 1. The highest BCUT2D eigenvalue weighted by atomic mass is 32.2. The van der Waals surface area contributed by atoms with E-state index < -0.39 is 23.8 Å². The van der Waals surface area contributed by atoms with Gasteiger partial charge in [-0.2, -0.15) is 13.2 Å². The summed E-state index contributed by atoms with van der Waals surface area (Å²) >= 11 is 0.872. The first kappa shape index (κ1) is 16.3. The number of imide groups is 1. The number of aromatic nitrogens is 3. The number of nitrogens with two attached hydrogens (primary N) is 1. The molecule has 1 aliphatic rings. The molecule has 0 bridgehead atoms. The van der Waals surface area contributed by atoms with Crippen molar-refractivity contribution in [1.29, 1.82) is 0 Å². The Morgan fingerprint density at radius 2 is 1.67 bits per heavy atom. The van der Waals surface area contributed by atoms with Crippen LogP contribution >= 0.6 is 11.8 Å². The van der Waals surface area contributed by atoms with Crippen molar-refractivity contribution in [3.8, 4) is 0 Å². The van der Waals surface area contributed by atoms with Crippen LogP contribution in [0.15, 0.2) is 29.4 Å². The summed E-state index contributed by atoms with van der Waals surface area (Å²) in [6.45, 7) is 0.0191.